The van der Waals surface area contributed by atoms with Crippen molar-refractivity contribution >= 4 is 23.3 Å². The van der Waals surface area contributed by atoms with Crippen LogP contribution in [0.5, 0.6) is 0 Å². The Morgan fingerprint density at radius 1 is 0.951 bits per heavy atom. The second-order valence-corrected chi connectivity index (χ2v) is 11.5. The van der Waals surface area contributed by atoms with E-state index in [2.05, 4.69) is 38.1 Å². The number of nitrogens with zero attached hydrogens (tertiary/aromatic N) is 2. The minimum absolute atomic E-state index is 0.0536. The molecule has 1 amide bonds. The van der Waals surface area contributed by atoms with Crippen molar-refractivity contribution in [3.8, 4) is 0 Å². The van der Waals surface area contributed by atoms with Gasteiger partial charge >= 0.3 is 5.97 Å². The summed E-state index contributed by atoms with van der Waals surface area (Å²) in [5, 5.41) is 11.9. The number of anilines is 2. The molecule has 0 saturated heterocycles. The maximum Gasteiger partial charge on any atom is 0.307 e. The normalized spacial score (nSPS) is 14.4. The van der Waals surface area contributed by atoms with Crippen molar-refractivity contribution in [2.45, 2.75) is 73.8 Å². The number of carbonyl (C=O) groups excluding carboxylic acids is 1. The number of carboxylic acid groups (broad SMARTS) is 1. The molecule has 0 fully saturated rings. The Bertz CT molecular complexity index is 1470. The van der Waals surface area contributed by atoms with Crippen LogP contribution in [0.3, 0.4) is 0 Å². The molecule has 3 aromatic rings. The topological polar surface area (TPSA) is 113 Å². The van der Waals surface area contributed by atoms with Crippen LogP contribution in [0.4, 0.5) is 11.4 Å². The molecule has 5 N–H and O–H groups in total. The van der Waals surface area contributed by atoms with Crippen molar-refractivity contribution in [2.75, 3.05) is 23.8 Å². The second-order valence-electron chi connectivity index (χ2n) is 11.5. The van der Waals surface area contributed by atoms with Crippen molar-refractivity contribution in [3.63, 3.8) is 0 Å². The molecular weight excluding hydrogens is 512 g/mol. The van der Waals surface area contributed by atoms with Gasteiger partial charge in [-0.2, -0.15) is 0 Å². The molecule has 218 valence electrons. The minimum atomic E-state index is -0.844. The number of rotatable bonds is 8. The Morgan fingerprint density at radius 2 is 1.61 bits per heavy atom. The van der Waals surface area contributed by atoms with Crippen molar-refractivity contribution in [1.29, 1.82) is 0 Å². The van der Waals surface area contributed by atoms with Crippen LogP contribution in [0.25, 0.3) is 0 Å². The molecule has 1 aliphatic rings. The van der Waals surface area contributed by atoms with Gasteiger partial charge in [0.2, 0.25) is 0 Å². The number of fused-ring (bicyclic) bond motifs is 1. The van der Waals surface area contributed by atoms with E-state index >= 15 is 0 Å². The highest BCUT2D eigenvalue weighted by atomic mass is 16.4. The molecule has 7 heteroatoms. The largest absolute Gasteiger partial charge is 0.481 e. The fraction of sp³-hybridized carbons (Fsp3) is 0.412. The smallest absolute Gasteiger partial charge is 0.307 e. The molecule has 0 spiro atoms. The number of carbonyl (C=O) groups is 2. The first-order valence-corrected chi connectivity index (χ1v) is 14.5. The Kier molecular flexibility index (Phi) is 8.78. The fourth-order valence-electron chi connectivity index (χ4n) is 6.31. The zero-order valence-corrected chi connectivity index (χ0v) is 25.5. The van der Waals surface area contributed by atoms with Crippen LogP contribution in [0.2, 0.25) is 0 Å². The fourth-order valence-corrected chi connectivity index (χ4v) is 6.31. The van der Waals surface area contributed by atoms with Gasteiger partial charge in [-0.1, -0.05) is 37.3 Å². The van der Waals surface area contributed by atoms with Gasteiger partial charge in [0.25, 0.3) is 5.91 Å². The zero-order chi connectivity index (χ0) is 30.2. The summed E-state index contributed by atoms with van der Waals surface area (Å²) in [5.41, 5.74) is 17.8. The van der Waals surface area contributed by atoms with Gasteiger partial charge < -0.3 is 20.7 Å². The van der Waals surface area contributed by atoms with Crippen LogP contribution in [0.15, 0.2) is 36.4 Å². The molecule has 7 nitrogen and oxygen atoms in total. The molecule has 3 aromatic carbocycles. The third kappa shape index (κ3) is 5.55. The Labute approximate surface area is 244 Å². The van der Waals surface area contributed by atoms with Gasteiger partial charge in [-0.3, -0.25) is 9.59 Å². The lowest BCUT2D eigenvalue weighted by atomic mass is 9.76. The number of hydrazine groups is 1. The highest BCUT2D eigenvalue weighted by molar-refractivity contribution is 5.98. The molecule has 4 rings (SSSR count). The Balaban J connectivity index is 1.77. The summed E-state index contributed by atoms with van der Waals surface area (Å²) in [6.45, 7) is 15.7. The van der Waals surface area contributed by atoms with Crippen LogP contribution < -0.4 is 16.6 Å². The van der Waals surface area contributed by atoms with E-state index in [-0.39, 0.29) is 5.91 Å². The first-order valence-electron chi connectivity index (χ1n) is 14.5. The van der Waals surface area contributed by atoms with Gasteiger partial charge in [-0.25, -0.2) is 5.84 Å². The molecule has 0 aromatic heterocycles. The number of aryl methyl sites for hydroxylation is 2. The Morgan fingerprint density at radius 3 is 2.20 bits per heavy atom. The number of nitrogen functional groups attached to an aromatic ring is 1. The van der Waals surface area contributed by atoms with Gasteiger partial charge in [0.15, 0.2) is 0 Å². The van der Waals surface area contributed by atoms with Crippen molar-refractivity contribution < 1.29 is 14.7 Å². The summed E-state index contributed by atoms with van der Waals surface area (Å²) in [5.74, 6) is 4.32. The first kappa shape index (κ1) is 30.1. The molecule has 0 aliphatic carbocycles. The monoisotopic (exact) mass is 556 g/mol. The summed E-state index contributed by atoms with van der Waals surface area (Å²) in [6, 6.07) is 12.3. The molecule has 2 atom stereocenters. The lowest BCUT2D eigenvalue weighted by Crippen LogP contribution is -2.37. The van der Waals surface area contributed by atoms with E-state index < -0.39 is 17.8 Å². The first-order chi connectivity index (χ1) is 19.4. The third-order valence-electron chi connectivity index (χ3n) is 9.15. The molecule has 1 aliphatic heterocycles. The summed E-state index contributed by atoms with van der Waals surface area (Å²) < 4.78 is 0. The van der Waals surface area contributed by atoms with Crippen molar-refractivity contribution in [2.24, 2.45) is 11.8 Å². The minimum Gasteiger partial charge on any atom is -0.481 e. The number of aliphatic carboxylic acids is 1. The molecule has 0 bridgehead atoms. The number of benzene rings is 3. The summed E-state index contributed by atoms with van der Waals surface area (Å²) in [6.07, 6.45) is 1.22. The van der Waals surface area contributed by atoms with E-state index in [1.54, 1.807) is 5.01 Å². The zero-order valence-electron chi connectivity index (χ0n) is 25.5. The highest BCUT2D eigenvalue weighted by Gasteiger charge is 2.33. The maximum atomic E-state index is 13.9. The summed E-state index contributed by atoms with van der Waals surface area (Å²) >= 11 is 0. The number of hydrogen-bond acceptors (Lipinski definition) is 5. The van der Waals surface area contributed by atoms with Gasteiger partial charge in [0.05, 0.1) is 17.3 Å². The number of hydrogen-bond donors (Lipinski definition) is 3. The third-order valence-corrected chi connectivity index (χ3v) is 9.15. The van der Waals surface area contributed by atoms with Gasteiger partial charge in [0.1, 0.15) is 0 Å². The molecular formula is C34H44N4O3. The molecule has 0 saturated carbocycles. The molecule has 41 heavy (non-hydrogen) atoms. The molecule has 1 heterocycles. The number of carboxylic acids is 1. The van der Waals surface area contributed by atoms with Crippen LogP contribution in [0.1, 0.15) is 86.6 Å². The average molecular weight is 557 g/mol. The van der Waals surface area contributed by atoms with E-state index in [1.165, 1.54) is 5.56 Å². The van der Waals surface area contributed by atoms with Crippen LogP contribution in [-0.4, -0.2) is 35.0 Å². The van der Waals surface area contributed by atoms with Gasteiger partial charge in [0, 0.05) is 31.1 Å². The molecule has 2 unspecified atom stereocenters. The van der Waals surface area contributed by atoms with E-state index in [0.717, 1.165) is 62.2 Å². The Hall–Kier alpha value is -3.84. The maximum absolute atomic E-state index is 13.9. The van der Waals surface area contributed by atoms with Crippen molar-refractivity contribution in [3.05, 3.63) is 92.0 Å². The van der Waals surface area contributed by atoms with Crippen molar-refractivity contribution in [1.82, 2.24) is 4.90 Å². The van der Waals surface area contributed by atoms with Crippen LogP contribution in [-0.2, 0) is 17.8 Å². The predicted molar refractivity (Wildman–Crippen MR) is 166 cm³/mol. The van der Waals surface area contributed by atoms with Gasteiger partial charge in [-0.05, 0) is 111 Å². The van der Waals surface area contributed by atoms with Crippen LogP contribution >= 0.6 is 0 Å². The lowest BCUT2D eigenvalue weighted by Gasteiger charge is -2.32. The van der Waals surface area contributed by atoms with E-state index in [4.69, 9.17) is 11.6 Å². The molecule has 0 radical (unpaired) electrons. The number of amides is 1. The van der Waals surface area contributed by atoms with Crippen LogP contribution in [0, 0.1) is 40.5 Å². The summed E-state index contributed by atoms with van der Waals surface area (Å²) in [7, 11) is 0. The van der Waals surface area contributed by atoms with E-state index in [0.29, 0.717) is 31.7 Å². The standard InChI is InChI=1S/C34H44N4O3/c1-8-27(34(40)41)31(28-12-13-29(38(36)9-2)32(35)23(28)7)25-11-10-24-14-15-37(18-26(24)17-25)33(39)30-21(5)19(3)16-20(4)22(30)6/h10-13,16-17,27,31H,8-9,14-15,18,35-36H2,1-7H3,(H,40,41). The van der Waals surface area contributed by atoms with E-state index in [9.17, 15) is 14.7 Å². The second kappa shape index (κ2) is 12.0. The predicted octanol–water partition coefficient (Wildman–Crippen LogP) is 5.95. The quantitative estimate of drug-likeness (QED) is 0.179. The van der Waals surface area contributed by atoms with E-state index in [1.807, 2.05) is 51.7 Å². The summed E-state index contributed by atoms with van der Waals surface area (Å²) in [4.78, 5) is 28.3. The lowest BCUT2D eigenvalue weighted by molar-refractivity contribution is -0.142. The SMILES string of the molecule is CCC(C(=O)O)C(c1ccc2c(c1)CN(C(=O)c1c(C)c(C)cc(C)c1C)CC2)c1ccc(N(N)CC)c(N)c1C. The average Bonchev–Trinajstić information content (AvgIpc) is 2.95. The number of nitrogens with two attached hydrogens (primary N) is 2. The highest BCUT2D eigenvalue weighted by Crippen LogP contribution is 2.41. The van der Waals surface area contributed by atoms with Gasteiger partial charge in [-0.15, -0.1) is 0 Å².